The maximum absolute atomic E-state index is 12.3. The van der Waals surface area contributed by atoms with Gasteiger partial charge in [0.2, 0.25) is 5.91 Å². The zero-order valence-electron chi connectivity index (χ0n) is 16.8. The number of carbonyl (C=O) groups excluding carboxylic acids is 1. The molecule has 30 heavy (non-hydrogen) atoms. The van der Waals surface area contributed by atoms with Gasteiger partial charge in [-0.05, 0) is 43.0 Å². The van der Waals surface area contributed by atoms with E-state index in [4.69, 9.17) is 0 Å². The summed E-state index contributed by atoms with van der Waals surface area (Å²) >= 11 is 0. The molecule has 158 valence electrons. The summed E-state index contributed by atoms with van der Waals surface area (Å²) in [6, 6.07) is 17.1. The molecule has 2 heterocycles. The second-order valence-corrected chi connectivity index (χ2v) is 9.45. The molecule has 0 saturated carbocycles. The van der Waals surface area contributed by atoms with Gasteiger partial charge in [0.25, 0.3) is 10.0 Å². The van der Waals surface area contributed by atoms with Gasteiger partial charge in [-0.2, -0.15) is 0 Å². The van der Waals surface area contributed by atoms with Crippen LogP contribution in [0.2, 0.25) is 0 Å². The van der Waals surface area contributed by atoms with Gasteiger partial charge in [0, 0.05) is 25.2 Å². The van der Waals surface area contributed by atoms with E-state index >= 15 is 0 Å². The lowest BCUT2D eigenvalue weighted by Gasteiger charge is -2.32. The summed E-state index contributed by atoms with van der Waals surface area (Å²) < 4.78 is 26.6. The molecule has 2 aliphatic heterocycles. The van der Waals surface area contributed by atoms with Crippen LogP contribution in [0, 0.1) is 5.92 Å². The fourth-order valence-electron chi connectivity index (χ4n) is 4.02. The van der Waals surface area contributed by atoms with Crippen LogP contribution >= 0.6 is 0 Å². The number of benzene rings is 2. The van der Waals surface area contributed by atoms with Gasteiger partial charge in [-0.1, -0.05) is 42.5 Å². The molecule has 2 aliphatic rings. The predicted octanol–water partition coefficient (Wildman–Crippen LogP) is 1.75. The minimum absolute atomic E-state index is 0.105. The molecular formula is C22H26N4O3S. The van der Waals surface area contributed by atoms with E-state index in [0.29, 0.717) is 18.0 Å². The quantitative estimate of drug-likeness (QED) is 0.736. The van der Waals surface area contributed by atoms with Crippen molar-refractivity contribution in [1.29, 1.82) is 0 Å². The highest BCUT2D eigenvalue weighted by Crippen LogP contribution is 2.22. The standard InChI is InChI=1S/C22H26N4O3S/c27-21(14-24-22-19-10-4-5-11-20(19)30(28,29)25-22)23-13-18-9-6-12-26(16-18)15-17-7-2-1-3-8-17/h1-5,7-8,10-11,18H,6,9,12-16H2,(H,23,27)(H,24,25)/t18-/m0/s1. The van der Waals surface area contributed by atoms with E-state index in [1.165, 1.54) is 11.6 Å². The lowest BCUT2D eigenvalue weighted by atomic mass is 9.97. The molecule has 0 aliphatic carbocycles. The van der Waals surface area contributed by atoms with Crippen LogP contribution in [0.25, 0.3) is 0 Å². The van der Waals surface area contributed by atoms with Crippen LogP contribution in [-0.2, 0) is 21.4 Å². The first kappa shape index (κ1) is 20.6. The van der Waals surface area contributed by atoms with Crippen molar-refractivity contribution < 1.29 is 13.2 Å². The molecule has 7 nitrogen and oxygen atoms in total. The Kier molecular flexibility index (Phi) is 6.15. The lowest BCUT2D eigenvalue weighted by molar-refractivity contribution is -0.119. The van der Waals surface area contributed by atoms with Crippen LogP contribution in [0.4, 0.5) is 0 Å². The van der Waals surface area contributed by atoms with Crippen LogP contribution < -0.4 is 10.0 Å². The number of sulfonamides is 1. The van der Waals surface area contributed by atoms with E-state index in [-0.39, 0.29) is 23.2 Å². The van der Waals surface area contributed by atoms with Crippen LogP contribution in [0.5, 0.6) is 0 Å². The van der Waals surface area contributed by atoms with Gasteiger partial charge in [0.15, 0.2) is 0 Å². The average molecular weight is 427 g/mol. The normalized spacial score (nSPS) is 21.7. The van der Waals surface area contributed by atoms with Crippen molar-refractivity contribution in [1.82, 2.24) is 14.9 Å². The van der Waals surface area contributed by atoms with E-state index in [0.717, 1.165) is 32.5 Å². The van der Waals surface area contributed by atoms with Gasteiger partial charge in [-0.3, -0.25) is 19.4 Å². The summed E-state index contributed by atoms with van der Waals surface area (Å²) in [4.78, 5) is 19.1. The van der Waals surface area contributed by atoms with Crippen molar-refractivity contribution in [3.05, 3.63) is 65.7 Å². The van der Waals surface area contributed by atoms with Crippen molar-refractivity contribution in [2.24, 2.45) is 10.9 Å². The number of carbonyl (C=O) groups is 1. The van der Waals surface area contributed by atoms with Gasteiger partial charge in [-0.25, -0.2) is 8.42 Å². The van der Waals surface area contributed by atoms with Crippen molar-refractivity contribution in [2.75, 3.05) is 26.2 Å². The van der Waals surface area contributed by atoms with Crippen LogP contribution in [-0.4, -0.2) is 51.2 Å². The number of aliphatic imine (C=N–C) groups is 1. The van der Waals surface area contributed by atoms with E-state index in [1.54, 1.807) is 18.2 Å². The highest BCUT2D eigenvalue weighted by Gasteiger charge is 2.30. The maximum Gasteiger partial charge on any atom is 0.263 e. The van der Waals surface area contributed by atoms with Crippen molar-refractivity contribution >= 4 is 21.8 Å². The number of hydrogen-bond acceptors (Lipinski definition) is 5. The maximum atomic E-state index is 12.3. The zero-order chi connectivity index (χ0) is 21.0. The number of piperidine rings is 1. The molecule has 0 bridgehead atoms. The minimum Gasteiger partial charge on any atom is -0.354 e. The van der Waals surface area contributed by atoms with E-state index < -0.39 is 10.0 Å². The van der Waals surface area contributed by atoms with E-state index in [9.17, 15) is 13.2 Å². The number of nitrogens with zero attached hydrogens (tertiary/aromatic N) is 2. The summed E-state index contributed by atoms with van der Waals surface area (Å²) in [6.07, 6.45) is 2.21. The number of hydrogen-bond donors (Lipinski definition) is 2. The first-order chi connectivity index (χ1) is 14.5. The summed E-state index contributed by atoms with van der Waals surface area (Å²) in [5, 5.41) is 2.96. The lowest BCUT2D eigenvalue weighted by Crippen LogP contribution is -2.41. The summed E-state index contributed by atoms with van der Waals surface area (Å²) in [5.74, 6) is 0.434. The second-order valence-electron chi connectivity index (χ2n) is 7.80. The Morgan fingerprint density at radius 2 is 1.90 bits per heavy atom. The number of rotatable bonds is 6. The number of amides is 1. The Hall–Kier alpha value is -2.71. The molecule has 2 N–H and O–H groups in total. The van der Waals surface area contributed by atoms with Gasteiger partial charge < -0.3 is 5.32 Å². The monoisotopic (exact) mass is 426 g/mol. The van der Waals surface area contributed by atoms with Crippen molar-refractivity contribution in [3.8, 4) is 0 Å². The molecule has 0 unspecified atom stereocenters. The number of nitrogens with one attached hydrogen (secondary N) is 2. The average Bonchev–Trinajstić information content (AvgIpc) is 3.02. The SMILES string of the molecule is O=C(CN=C1NS(=O)(=O)c2ccccc21)NC[C@@H]1CCCN(Cc2ccccc2)C1. The minimum atomic E-state index is -3.58. The summed E-state index contributed by atoms with van der Waals surface area (Å²) in [6.45, 7) is 3.46. The Balaban J connectivity index is 1.28. The molecule has 0 radical (unpaired) electrons. The van der Waals surface area contributed by atoms with Crippen LogP contribution in [0.1, 0.15) is 24.0 Å². The largest absolute Gasteiger partial charge is 0.354 e. The Bertz CT molecular complexity index is 1040. The Labute approximate surface area is 177 Å². The first-order valence-electron chi connectivity index (χ1n) is 10.2. The molecule has 2 aromatic carbocycles. The Morgan fingerprint density at radius 1 is 1.13 bits per heavy atom. The molecule has 8 heteroatoms. The predicted molar refractivity (Wildman–Crippen MR) is 116 cm³/mol. The molecule has 0 spiro atoms. The molecule has 1 saturated heterocycles. The third-order valence-electron chi connectivity index (χ3n) is 5.48. The third kappa shape index (κ3) is 4.88. The van der Waals surface area contributed by atoms with E-state index in [1.807, 2.05) is 6.07 Å². The molecule has 0 aromatic heterocycles. The molecule has 2 aromatic rings. The molecule has 1 atom stereocenters. The highest BCUT2D eigenvalue weighted by atomic mass is 32.2. The van der Waals surface area contributed by atoms with Gasteiger partial charge in [0.05, 0.1) is 4.90 Å². The van der Waals surface area contributed by atoms with Crippen molar-refractivity contribution in [3.63, 3.8) is 0 Å². The van der Waals surface area contributed by atoms with Gasteiger partial charge in [-0.15, -0.1) is 0 Å². The second kappa shape index (κ2) is 8.97. The molecule has 4 rings (SSSR count). The molecular weight excluding hydrogens is 400 g/mol. The van der Waals surface area contributed by atoms with Crippen LogP contribution in [0.3, 0.4) is 0 Å². The van der Waals surface area contributed by atoms with Gasteiger partial charge >= 0.3 is 0 Å². The first-order valence-corrected chi connectivity index (χ1v) is 11.7. The third-order valence-corrected chi connectivity index (χ3v) is 6.88. The van der Waals surface area contributed by atoms with E-state index in [2.05, 4.69) is 44.2 Å². The Morgan fingerprint density at radius 3 is 2.73 bits per heavy atom. The molecule has 1 amide bonds. The van der Waals surface area contributed by atoms with Crippen LogP contribution in [0.15, 0.2) is 64.5 Å². The zero-order valence-corrected chi connectivity index (χ0v) is 17.6. The topological polar surface area (TPSA) is 90.9 Å². The highest BCUT2D eigenvalue weighted by molar-refractivity contribution is 7.90. The molecule has 1 fully saturated rings. The summed E-state index contributed by atoms with van der Waals surface area (Å²) in [7, 11) is -3.58. The smallest absolute Gasteiger partial charge is 0.263 e. The fourth-order valence-corrected chi connectivity index (χ4v) is 5.27. The van der Waals surface area contributed by atoms with Gasteiger partial charge in [0.1, 0.15) is 12.4 Å². The van der Waals surface area contributed by atoms with Crippen molar-refractivity contribution in [2.45, 2.75) is 24.3 Å². The summed E-state index contributed by atoms with van der Waals surface area (Å²) in [5.41, 5.74) is 1.81. The number of fused-ring (bicyclic) bond motifs is 1. The number of amidine groups is 1. The number of likely N-dealkylation sites (tertiary alicyclic amines) is 1. The fraction of sp³-hybridized carbons (Fsp3) is 0.364.